The summed E-state index contributed by atoms with van der Waals surface area (Å²) in [5.41, 5.74) is 3.04. The van der Waals surface area contributed by atoms with Crippen molar-refractivity contribution in [2.75, 3.05) is 37.6 Å². The average molecular weight is 504 g/mol. The van der Waals surface area contributed by atoms with Crippen LogP contribution in [0.2, 0.25) is 0 Å². The van der Waals surface area contributed by atoms with Gasteiger partial charge in [-0.05, 0) is 53.8 Å². The van der Waals surface area contributed by atoms with Crippen LogP contribution in [0, 0.1) is 16.3 Å². The number of halogens is 2. The van der Waals surface area contributed by atoms with Crippen molar-refractivity contribution in [1.29, 1.82) is 0 Å². The monoisotopic (exact) mass is 504 g/mol. The lowest BCUT2D eigenvalue weighted by molar-refractivity contribution is 0.284. The van der Waals surface area contributed by atoms with Gasteiger partial charge in [-0.15, -0.1) is 0 Å². The summed E-state index contributed by atoms with van der Waals surface area (Å²) >= 11 is 2.16. The highest BCUT2D eigenvalue weighted by molar-refractivity contribution is 14.1. The lowest BCUT2D eigenvalue weighted by Crippen LogP contribution is -2.46. The zero-order chi connectivity index (χ0) is 20.2. The van der Waals surface area contributed by atoms with Gasteiger partial charge in [-0.2, -0.15) is 5.10 Å². The molecule has 1 saturated heterocycles. The predicted molar refractivity (Wildman–Crippen MR) is 121 cm³/mol. The summed E-state index contributed by atoms with van der Waals surface area (Å²) in [6, 6.07) is 7.00. The first-order chi connectivity index (χ1) is 14.1. The van der Waals surface area contributed by atoms with Gasteiger partial charge in [-0.1, -0.05) is 12.2 Å². The second-order valence-corrected chi connectivity index (χ2v) is 8.21. The smallest absolute Gasteiger partial charge is 0.250 e. The summed E-state index contributed by atoms with van der Waals surface area (Å²) in [6.07, 6.45) is 9.53. The number of benzene rings is 1. The SMILES string of the molecule is Cc1c(/C=C/CN2CCN(c3cc(F)cc(I)c3)CC2)cnn1-c1ncccn1. The molecule has 6 nitrogen and oxygen atoms in total. The van der Waals surface area contributed by atoms with E-state index in [1.165, 1.54) is 0 Å². The Morgan fingerprint density at radius 3 is 2.59 bits per heavy atom. The number of rotatable bonds is 5. The van der Waals surface area contributed by atoms with Crippen molar-refractivity contribution in [1.82, 2.24) is 24.6 Å². The highest BCUT2D eigenvalue weighted by Gasteiger charge is 2.17. The maximum Gasteiger partial charge on any atom is 0.250 e. The third kappa shape index (κ3) is 4.81. The van der Waals surface area contributed by atoms with Gasteiger partial charge in [-0.3, -0.25) is 4.90 Å². The van der Waals surface area contributed by atoms with E-state index in [1.54, 1.807) is 35.3 Å². The Kier molecular flexibility index (Phi) is 6.19. The fourth-order valence-electron chi connectivity index (χ4n) is 3.43. The molecule has 3 heterocycles. The summed E-state index contributed by atoms with van der Waals surface area (Å²) in [5.74, 6) is 0.405. The zero-order valence-electron chi connectivity index (χ0n) is 16.2. The summed E-state index contributed by atoms with van der Waals surface area (Å²) in [6.45, 7) is 6.59. The Labute approximate surface area is 183 Å². The molecule has 29 heavy (non-hydrogen) atoms. The quantitative estimate of drug-likeness (QED) is 0.498. The molecule has 0 spiro atoms. The van der Waals surface area contributed by atoms with Crippen molar-refractivity contribution in [2.45, 2.75) is 6.92 Å². The van der Waals surface area contributed by atoms with Crippen LogP contribution in [0.1, 0.15) is 11.3 Å². The van der Waals surface area contributed by atoms with E-state index in [1.807, 2.05) is 19.2 Å². The van der Waals surface area contributed by atoms with Crippen LogP contribution >= 0.6 is 22.6 Å². The van der Waals surface area contributed by atoms with E-state index < -0.39 is 0 Å². The standard InChI is InChI=1S/C21H22FIN6/c1-16-17(15-26-29(16)21-24-5-3-6-25-21)4-2-7-27-8-10-28(11-9-27)20-13-18(22)12-19(23)14-20/h2-6,12-15H,7-11H2,1H3/b4-2+. The van der Waals surface area contributed by atoms with Gasteiger partial charge in [0.15, 0.2) is 0 Å². The van der Waals surface area contributed by atoms with E-state index in [9.17, 15) is 4.39 Å². The Balaban J connectivity index is 1.33. The van der Waals surface area contributed by atoms with Gasteiger partial charge < -0.3 is 4.90 Å². The zero-order valence-corrected chi connectivity index (χ0v) is 18.3. The number of piperazine rings is 1. The molecular formula is C21H22FIN6. The van der Waals surface area contributed by atoms with E-state index in [0.29, 0.717) is 5.95 Å². The summed E-state index contributed by atoms with van der Waals surface area (Å²) in [7, 11) is 0. The maximum absolute atomic E-state index is 13.7. The molecule has 0 radical (unpaired) electrons. The van der Waals surface area contributed by atoms with Gasteiger partial charge in [-0.25, -0.2) is 19.0 Å². The van der Waals surface area contributed by atoms with E-state index >= 15 is 0 Å². The van der Waals surface area contributed by atoms with Crippen molar-refractivity contribution in [3.8, 4) is 5.95 Å². The van der Waals surface area contributed by atoms with Crippen molar-refractivity contribution < 1.29 is 4.39 Å². The van der Waals surface area contributed by atoms with Gasteiger partial charge in [0, 0.05) is 59.9 Å². The lowest BCUT2D eigenvalue weighted by atomic mass is 10.2. The van der Waals surface area contributed by atoms with Crippen molar-refractivity contribution in [3.05, 3.63) is 69.6 Å². The molecule has 1 aromatic carbocycles. The Hall–Kier alpha value is -2.33. The number of hydrogen-bond donors (Lipinski definition) is 0. The van der Waals surface area contributed by atoms with E-state index in [4.69, 9.17) is 0 Å². The summed E-state index contributed by atoms with van der Waals surface area (Å²) in [5, 5.41) is 4.40. The molecule has 0 amide bonds. The highest BCUT2D eigenvalue weighted by Crippen LogP contribution is 2.21. The summed E-state index contributed by atoms with van der Waals surface area (Å²) in [4.78, 5) is 13.1. The van der Waals surface area contributed by atoms with Gasteiger partial charge in [0.25, 0.3) is 5.95 Å². The fourth-order valence-corrected chi connectivity index (χ4v) is 4.04. The van der Waals surface area contributed by atoms with E-state index in [-0.39, 0.29) is 5.82 Å². The molecule has 0 aliphatic carbocycles. The first-order valence-electron chi connectivity index (χ1n) is 9.52. The molecule has 1 aliphatic heterocycles. The molecule has 150 valence electrons. The molecule has 0 saturated carbocycles. The molecule has 3 aromatic rings. The third-order valence-electron chi connectivity index (χ3n) is 5.04. The number of aromatic nitrogens is 4. The van der Waals surface area contributed by atoms with Crippen LogP contribution in [0.15, 0.2) is 48.9 Å². The third-order valence-corrected chi connectivity index (χ3v) is 5.66. The molecule has 1 fully saturated rings. The Morgan fingerprint density at radius 1 is 1.10 bits per heavy atom. The van der Waals surface area contributed by atoms with Crippen LogP contribution in [-0.2, 0) is 0 Å². The molecule has 4 rings (SSSR count). The van der Waals surface area contributed by atoms with E-state index in [2.05, 4.69) is 59.6 Å². The summed E-state index contributed by atoms with van der Waals surface area (Å²) < 4.78 is 16.3. The predicted octanol–water partition coefficient (Wildman–Crippen LogP) is 3.55. The maximum atomic E-state index is 13.7. The van der Waals surface area contributed by atoms with Crippen LogP contribution in [-0.4, -0.2) is 57.4 Å². The molecule has 2 aromatic heterocycles. The van der Waals surface area contributed by atoms with Crippen LogP contribution < -0.4 is 4.90 Å². The Bertz CT molecular complexity index is 975. The Morgan fingerprint density at radius 2 is 1.86 bits per heavy atom. The highest BCUT2D eigenvalue weighted by atomic mass is 127. The molecule has 1 aliphatic rings. The first-order valence-corrected chi connectivity index (χ1v) is 10.6. The first kappa shape index (κ1) is 20.0. The van der Waals surface area contributed by atoms with Gasteiger partial charge in [0.2, 0.25) is 0 Å². The van der Waals surface area contributed by atoms with Gasteiger partial charge in [0.05, 0.1) is 11.9 Å². The number of nitrogens with zero attached hydrogens (tertiary/aromatic N) is 6. The molecule has 0 bridgehead atoms. The van der Waals surface area contributed by atoms with Crippen molar-refractivity contribution >= 4 is 34.4 Å². The van der Waals surface area contributed by atoms with Crippen LogP contribution in [0.25, 0.3) is 12.0 Å². The van der Waals surface area contributed by atoms with E-state index in [0.717, 1.165) is 53.2 Å². The topological polar surface area (TPSA) is 50.1 Å². The normalized spacial score (nSPS) is 15.3. The van der Waals surface area contributed by atoms with Crippen LogP contribution in [0.4, 0.5) is 10.1 Å². The molecular weight excluding hydrogens is 482 g/mol. The van der Waals surface area contributed by atoms with Crippen molar-refractivity contribution in [3.63, 3.8) is 0 Å². The number of anilines is 1. The fraction of sp³-hybridized carbons (Fsp3) is 0.286. The van der Waals surface area contributed by atoms with Crippen LogP contribution in [0.3, 0.4) is 0 Å². The lowest BCUT2D eigenvalue weighted by Gasteiger charge is -2.35. The van der Waals surface area contributed by atoms with Gasteiger partial charge >= 0.3 is 0 Å². The largest absolute Gasteiger partial charge is 0.369 e. The van der Waals surface area contributed by atoms with Gasteiger partial charge in [0.1, 0.15) is 5.82 Å². The molecule has 0 N–H and O–H groups in total. The molecule has 0 unspecified atom stereocenters. The number of hydrogen-bond acceptors (Lipinski definition) is 5. The second-order valence-electron chi connectivity index (χ2n) is 6.96. The van der Waals surface area contributed by atoms with Crippen molar-refractivity contribution in [2.24, 2.45) is 0 Å². The molecule has 0 atom stereocenters. The minimum atomic E-state index is -0.172. The van der Waals surface area contributed by atoms with Crippen LogP contribution in [0.5, 0.6) is 0 Å². The minimum Gasteiger partial charge on any atom is -0.369 e. The second kappa shape index (κ2) is 9.00. The minimum absolute atomic E-state index is 0.172. The molecule has 8 heteroatoms. The average Bonchev–Trinajstić information content (AvgIpc) is 3.09.